The van der Waals surface area contributed by atoms with Crippen LogP contribution in [-0.4, -0.2) is 27.3 Å². The van der Waals surface area contributed by atoms with E-state index in [4.69, 9.17) is 19.9 Å². The molecule has 2 aromatic carbocycles. The third kappa shape index (κ3) is 4.79. The van der Waals surface area contributed by atoms with Gasteiger partial charge in [-0.05, 0) is 41.8 Å². The summed E-state index contributed by atoms with van der Waals surface area (Å²) in [6, 6.07) is 11.8. The average Bonchev–Trinajstić information content (AvgIpc) is 2.65. The van der Waals surface area contributed by atoms with Crippen LogP contribution >= 0.6 is 0 Å². The normalized spacial score (nSPS) is 11.1. The topological polar surface area (TPSA) is 78.1 Å². The molecule has 0 saturated heterocycles. The number of hydrogen-bond acceptors (Lipinski definition) is 4. The Bertz CT molecular complexity index is 719. The zero-order valence-corrected chi connectivity index (χ0v) is 15.1. The lowest BCUT2D eigenvalue weighted by atomic mass is 10.1. The summed E-state index contributed by atoms with van der Waals surface area (Å²) >= 11 is 0. The van der Waals surface area contributed by atoms with Crippen molar-refractivity contribution in [3.05, 3.63) is 47.5 Å². The number of guanidine groups is 1. The van der Waals surface area contributed by atoms with Crippen molar-refractivity contribution in [3.63, 3.8) is 0 Å². The Hall–Kier alpha value is -2.89. The number of anilines is 1. The SMILES string of the molecule is CCc1cccc(NC(N)=NCc2cc(OC)c(OC)c(OC)c2)c1. The van der Waals surface area contributed by atoms with Crippen LogP contribution in [0.25, 0.3) is 0 Å². The summed E-state index contributed by atoms with van der Waals surface area (Å²) in [5.74, 6) is 2.09. The van der Waals surface area contributed by atoms with E-state index in [-0.39, 0.29) is 0 Å². The number of rotatable bonds is 7. The van der Waals surface area contributed by atoms with Gasteiger partial charge in [-0.15, -0.1) is 0 Å². The van der Waals surface area contributed by atoms with Crippen LogP contribution in [0, 0.1) is 0 Å². The molecule has 0 aliphatic rings. The molecule has 134 valence electrons. The highest BCUT2D eigenvalue weighted by atomic mass is 16.5. The van der Waals surface area contributed by atoms with Crippen LogP contribution in [0.15, 0.2) is 41.4 Å². The van der Waals surface area contributed by atoms with Crippen LogP contribution < -0.4 is 25.3 Å². The lowest BCUT2D eigenvalue weighted by Gasteiger charge is -2.13. The summed E-state index contributed by atoms with van der Waals surface area (Å²) in [6.07, 6.45) is 0.970. The van der Waals surface area contributed by atoms with Crippen LogP contribution in [0.1, 0.15) is 18.1 Å². The van der Waals surface area contributed by atoms with Gasteiger partial charge in [-0.1, -0.05) is 19.1 Å². The van der Waals surface area contributed by atoms with Gasteiger partial charge in [0.25, 0.3) is 0 Å². The molecule has 0 heterocycles. The number of nitrogens with one attached hydrogen (secondary N) is 1. The van der Waals surface area contributed by atoms with Crippen molar-refractivity contribution >= 4 is 11.6 Å². The minimum Gasteiger partial charge on any atom is -0.493 e. The quantitative estimate of drug-likeness (QED) is 0.596. The minimum absolute atomic E-state index is 0.349. The Labute approximate surface area is 148 Å². The van der Waals surface area contributed by atoms with E-state index in [0.29, 0.717) is 29.8 Å². The maximum atomic E-state index is 5.99. The number of aryl methyl sites for hydroxylation is 1. The zero-order valence-electron chi connectivity index (χ0n) is 15.1. The molecular formula is C19H25N3O3. The van der Waals surface area contributed by atoms with Crippen molar-refractivity contribution < 1.29 is 14.2 Å². The van der Waals surface area contributed by atoms with Gasteiger partial charge in [0.05, 0.1) is 27.9 Å². The Morgan fingerprint density at radius 3 is 2.24 bits per heavy atom. The number of benzene rings is 2. The monoisotopic (exact) mass is 343 g/mol. The largest absolute Gasteiger partial charge is 0.493 e. The second kappa shape index (κ2) is 8.82. The number of aliphatic imine (C=N–C) groups is 1. The van der Waals surface area contributed by atoms with Gasteiger partial charge in [-0.25, -0.2) is 4.99 Å². The first-order valence-corrected chi connectivity index (χ1v) is 8.06. The first-order chi connectivity index (χ1) is 12.1. The van der Waals surface area contributed by atoms with Crippen molar-refractivity contribution in [1.82, 2.24) is 0 Å². The van der Waals surface area contributed by atoms with Crippen LogP contribution in [0.4, 0.5) is 5.69 Å². The van der Waals surface area contributed by atoms with E-state index in [1.165, 1.54) is 5.56 Å². The number of nitrogens with zero attached hydrogens (tertiary/aromatic N) is 1. The molecule has 3 N–H and O–H groups in total. The van der Waals surface area contributed by atoms with E-state index in [1.807, 2.05) is 24.3 Å². The Morgan fingerprint density at radius 2 is 1.68 bits per heavy atom. The molecule has 0 fully saturated rings. The fraction of sp³-hybridized carbons (Fsp3) is 0.316. The highest BCUT2D eigenvalue weighted by Crippen LogP contribution is 2.38. The molecule has 2 aromatic rings. The van der Waals surface area contributed by atoms with E-state index in [1.54, 1.807) is 21.3 Å². The molecule has 6 nitrogen and oxygen atoms in total. The number of ether oxygens (including phenoxy) is 3. The Kier molecular flexibility index (Phi) is 6.51. The van der Waals surface area contributed by atoms with Gasteiger partial charge in [0.1, 0.15) is 0 Å². The van der Waals surface area contributed by atoms with Crippen molar-refractivity contribution in [2.45, 2.75) is 19.9 Å². The highest BCUT2D eigenvalue weighted by molar-refractivity contribution is 5.92. The number of hydrogen-bond donors (Lipinski definition) is 2. The van der Waals surface area contributed by atoms with Crippen LogP contribution in [0.5, 0.6) is 17.2 Å². The Morgan fingerprint density at radius 1 is 1.00 bits per heavy atom. The van der Waals surface area contributed by atoms with Crippen LogP contribution in [0.2, 0.25) is 0 Å². The molecule has 0 aromatic heterocycles. The molecule has 25 heavy (non-hydrogen) atoms. The van der Waals surface area contributed by atoms with Crippen molar-refractivity contribution in [3.8, 4) is 17.2 Å². The lowest BCUT2D eigenvalue weighted by Crippen LogP contribution is -2.22. The Balaban J connectivity index is 2.14. The van der Waals surface area contributed by atoms with Gasteiger partial charge in [-0.2, -0.15) is 0 Å². The van der Waals surface area contributed by atoms with Gasteiger partial charge < -0.3 is 25.3 Å². The number of nitrogens with two attached hydrogens (primary N) is 1. The molecule has 6 heteroatoms. The van der Waals surface area contributed by atoms with Crippen molar-refractivity contribution in [2.75, 3.05) is 26.6 Å². The average molecular weight is 343 g/mol. The molecule has 0 unspecified atom stereocenters. The van der Waals surface area contributed by atoms with Crippen LogP contribution in [0.3, 0.4) is 0 Å². The zero-order chi connectivity index (χ0) is 18.2. The highest BCUT2D eigenvalue weighted by Gasteiger charge is 2.12. The summed E-state index contributed by atoms with van der Waals surface area (Å²) in [5.41, 5.74) is 9.06. The molecule has 0 radical (unpaired) electrons. The van der Waals surface area contributed by atoms with E-state index in [2.05, 4.69) is 29.4 Å². The van der Waals surface area contributed by atoms with Gasteiger partial charge in [0.15, 0.2) is 17.5 Å². The van der Waals surface area contributed by atoms with Gasteiger partial charge in [-0.3, -0.25) is 0 Å². The minimum atomic E-state index is 0.349. The summed E-state index contributed by atoms with van der Waals surface area (Å²) in [4.78, 5) is 4.38. The molecule has 0 atom stereocenters. The summed E-state index contributed by atoms with van der Waals surface area (Å²) < 4.78 is 16.0. The lowest BCUT2D eigenvalue weighted by molar-refractivity contribution is 0.324. The third-order valence-electron chi connectivity index (χ3n) is 3.76. The van der Waals surface area contributed by atoms with Crippen molar-refractivity contribution in [1.29, 1.82) is 0 Å². The maximum Gasteiger partial charge on any atom is 0.203 e. The van der Waals surface area contributed by atoms with E-state index >= 15 is 0 Å². The van der Waals surface area contributed by atoms with E-state index in [9.17, 15) is 0 Å². The first-order valence-electron chi connectivity index (χ1n) is 8.06. The van der Waals surface area contributed by atoms with Crippen molar-refractivity contribution in [2.24, 2.45) is 10.7 Å². The molecule has 0 aliphatic carbocycles. The fourth-order valence-electron chi connectivity index (χ4n) is 2.46. The second-order valence-electron chi connectivity index (χ2n) is 5.41. The summed E-state index contributed by atoms with van der Waals surface area (Å²) in [6.45, 7) is 2.50. The fourth-order valence-corrected chi connectivity index (χ4v) is 2.46. The van der Waals surface area contributed by atoms with Gasteiger partial charge >= 0.3 is 0 Å². The predicted molar refractivity (Wildman–Crippen MR) is 101 cm³/mol. The molecule has 0 aliphatic heterocycles. The van der Waals surface area contributed by atoms with Gasteiger partial charge in [0.2, 0.25) is 5.75 Å². The number of methoxy groups -OCH3 is 3. The molecule has 0 amide bonds. The standard InChI is InChI=1S/C19H25N3O3/c1-5-13-7-6-8-15(9-13)22-19(20)21-12-14-10-16(23-2)18(25-4)17(11-14)24-3/h6-11H,5,12H2,1-4H3,(H3,20,21,22). The molecule has 0 saturated carbocycles. The first kappa shape index (κ1) is 18.4. The predicted octanol–water partition coefficient (Wildman–Crippen LogP) is 3.20. The molecular weight excluding hydrogens is 318 g/mol. The van der Waals surface area contributed by atoms with Crippen LogP contribution in [-0.2, 0) is 13.0 Å². The van der Waals surface area contributed by atoms with E-state index < -0.39 is 0 Å². The smallest absolute Gasteiger partial charge is 0.203 e. The molecule has 0 spiro atoms. The van der Waals surface area contributed by atoms with Gasteiger partial charge in [0, 0.05) is 5.69 Å². The maximum absolute atomic E-state index is 5.99. The second-order valence-corrected chi connectivity index (χ2v) is 5.41. The summed E-state index contributed by atoms with van der Waals surface area (Å²) in [7, 11) is 4.74. The molecule has 0 bridgehead atoms. The summed E-state index contributed by atoms with van der Waals surface area (Å²) in [5, 5.41) is 3.11. The molecule has 2 rings (SSSR count). The third-order valence-corrected chi connectivity index (χ3v) is 3.76. The van der Waals surface area contributed by atoms with E-state index in [0.717, 1.165) is 17.7 Å².